The van der Waals surface area contributed by atoms with Gasteiger partial charge in [-0.2, -0.15) is 4.98 Å². The number of aromatic nitrogens is 4. The van der Waals surface area contributed by atoms with Gasteiger partial charge in [-0.25, -0.2) is 5.10 Å². The molecule has 106 valence electrons. The van der Waals surface area contributed by atoms with Crippen LogP contribution >= 0.6 is 0 Å². The fourth-order valence-corrected chi connectivity index (χ4v) is 1.96. The molecular formula is C13H11N5O3. The van der Waals surface area contributed by atoms with Crippen molar-refractivity contribution in [2.24, 2.45) is 0 Å². The summed E-state index contributed by atoms with van der Waals surface area (Å²) >= 11 is 0. The van der Waals surface area contributed by atoms with Crippen LogP contribution < -0.4 is 15.6 Å². The van der Waals surface area contributed by atoms with Gasteiger partial charge >= 0.3 is 6.01 Å². The van der Waals surface area contributed by atoms with Gasteiger partial charge in [0, 0.05) is 17.0 Å². The van der Waals surface area contributed by atoms with Crippen molar-refractivity contribution >= 4 is 22.8 Å². The number of carbonyl (C=O) groups is 1. The second-order valence-electron chi connectivity index (χ2n) is 4.22. The van der Waals surface area contributed by atoms with Crippen molar-refractivity contribution in [2.45, 2.75) is 0 Å². The van der Waals surface area contributed by atoms with Crippen molar-refractivity contribution in [3.8, 4) is 6.01 Å². The van der Waals surface area contributed by atoms with Crippen LogP contribution in [0.2, 0.25) is 0 Å². The summed E-state index contributed by atoms with van der Waals surface area (Å²) in [4.78, 5) is 30.5. The van der Waals surface area contributed by atoms with Crippen LogP contribution in [0.3, 0.4) is 0 Å². The molecule has 8 nitrogen and oxygen atoms in total. The van der Waals surface area contributed by atoms with Crippen LogP contribution in [0.25, 0.3) is 10.9 Å². The molecule has 0 unspecified atom stereocenters. The van der Waals surface area contributed by atoms with Crippen LogP contribution in [-0.2, 0) is 0 Å². The number of nitrogens with zero attached hydrogens (tertiary/aromatic N) is 2. The van der Waals surface area contributed by atoms with Crippen LogP contribution in [0.15, 0.2) is 35.1 Å². The number of hydrogen-bond acceptors (Lipinski definition) is 5. The third-order valence-electron chi connectivity index (χ3n) is 2.87. The summed E-state index contributed by atoms with van der Waals surface area (Å²) in [5, 5.41) is 9.41. The van der Waals surface area contributed by atoms with Gasteiger partial charge in [0.15, 0.2) is 0 Å². The van der Waals surface area contributed by atoms with E-state index in [-0.39, 0.29) is 23.1 Å². The number of H-pyrrole nitrogens is 2. The van der Waals surface area contributed by atoms with Crippen molar-refractivity contribution in [1.82, 2.24) is 20.2 Å². The zero-order valence-electron chi connectivity index (χ0n) is 11.0. The summed E-state index contributed by atoms with van der Waals surface area (Å²) in [6, 6.07) is 8.40. The van der Waals surface area contributed by atoms with Gasteiger partial charge in [-0.05, 0) is 6.07 Å². The number of aromatic amines is 2. The third-order valence-corrected chi connectivity index (χ3v) is 2.87. The molecule has 1 amide bonds. The van der Waals surface area contributed by atoms with Crippen molar-refractivity contribution < 1.29 is 9.53 Å². The van der Waals surface area contributed by atoms with Crippen molar-refractivity contribution in [2.75, 3.05) is 12.4 Å². The van der Waals surface area contributed by atoms with E-state index in [1.54, 1.807) is 24.3 Å². The van der Waals surface area contributed by atoms with Crippen LogP contribution in [0.5, 0.6) is 6.01 Å². The second kappa shape index (κ2) is 5.08. The summed E-state index contributed by atoms with van der Waals surface area (Å²) in [6.07, 6.45) is 0. The Morgan fingerprint density at radius 2 is 2.14 bits per heavy atom. The zero-order chi connectivity index (χ0) is 14.8. The van der Waals surface area contributed by atoms with Gasteiger partial charge in [0.25, 0.3) is 5.91 Å². The van der Waals surface area contributed by atoms with Crippen molar-refractivity contribution in [1.29, 1.82) is 0 Å². The molecule has 2 heterocycles. The maximum absolute atomic E-state index is 12.3. The van der Waals surface area contributed by atoms with Gasteiger partial charge in [-0.3, -0.25) is 14.9 Å². The first-order valence-electron chi connectivity index (χ1n) is 6.07. The Balaban J connectivity index is 1.99. The molecule has 0 aliphatic rings. The summed E-state index contributed by atoms with van der Waals surface area (Å²) in [5.74, 6) is -0.322. The Kier molecular flexibility index (Phi) is 3.11. The zero-order valence-corrected chi connectivity index (χ0v) is 11.0. The molecular weight excluding hydrogens is 274 g/mol. The first kappa shape index (κ1) is 12.9. The average Bonchev–Trinajstić information content (AvgIpc) is 2.94. The lowest BCUT2D eigenvalue weighted by molar-refractivity contribution is 0.102. The predicted molar refractivity (Wildman–Crippen MR) is 75.5 cm³/mol. The highest BCUT2D eigenvalue weighted by atomic mass is 16.5. The number of benzene rings is 1. The van der Waals surface area contributed by atoms with Gasteiger partial charge in [-0.15, -0.1) is 5.10 Å². The summed E-state index contributed by atoms with van der Waals surface area (Å²) < 4.78 is 4.81. The average molecular weight is 285 g/mol. The monoisotopic (exact) mass is 285 g/mol. The Labute approximate surface area is 118 Å². The largest absolute Gasteiger partial charge is 0.466 e. The van der Waals surface area contributed by atoms with Gasteiger partial charge < -0.3 is 9.72 Å². The second-order valence-corrected chi connectivity index (χ2v) is 4.22. The molecule has 2 aromatic heterocycles. The number of anilines is 1. The van der Waals surface area contributed by atoms with E-state index in [1.807, 2.05) is 0 Å². The third kappa shape index (κ3) is 2.46. The number of fused-ring (bicyclic) bond motifs is 1. The predicted octanol–water partition coefficient (Wildman–Crippen LogP) is 0.907. The molecule has 8 heteroatoms. The van der Waals surface area contributed by atoms with E-state index >= 15 is 0 Å². The van der Waals surface area contributed by atoms with Crippen LogP contribution in [-0.4, -0.2) is 33.2 Å². The van der Waals surface area contributed by atoms with Crippen LogP contribution in [0.1, 0.15) is 10.4 Å². The lowest BCUT2D eigenvalue weighted by atomic mass is 10.1. The Morgan fingerprint density at radius 1 is 1.33 bits per heavy atom. The maximum Gasteiger partial charge on any atom is 0.336 e. The van der Waals surface area contributed by atoms with Gasteiger partial charge in [0.05, 0.1) is 12.7 Å². The lowest BCUT2D eigenvalue weighted by Gasteiger charge is -2.05. The van der Waals surface area contributed by atoms with E-state index in [4.69, 9.17) is 4.74 Å². The first-order valence-corrected chi connectivity index (χ1v) is 6.07. The molecule has 0 aliphatic carbocycles. The molecule has 3 rings (SSSR count). The van der Waals surface area contributed by atoms with Crippen molar-refractivity contribution in [3.05, 3.63) is 46.2 Å². The van der Waals surface area contributed by atoms with E-state index in [0.29, 0.717) is 10.9 Å². The first-order chi connectivity index (χ1) is 10.2. The van der Waals surface area contributed by atoms with E-state index in [1.165, 1.54) is 13.2 Å². The molecule has 0 bridgehead atoms. The Hall–Kier alpha value is -3.16. The van der Waals surface area contributed by atoms with Crippen LogP contribution in [0.4, 0.5) is 5.95 Å². The van der Waals surface area contributed by atoms with E-state index in [9.17, 15) is 9.59 Å². The highest BCUT2D eigenvalue weighted by molar-refractivity contribution is 6.11. The molecule has 3 aromatic rings. The number of amides is 1. The van der Waals surface area contributed by atoms with E-state index in [2.05, 4.69) is 25.5 Å². The number of rotatable bonds is 3. The molecule has 0 aliphatic heterocycles. The van der Waals surface area contributed by atoms with Crippen LogP contribution in [0, 0.1) is 0 Å². The normalized spacial score (nSPS) is 10.5. The minimum absolute atomic E-state index is 0.112. The SMILES string of the molecule is COc1n[nH]c(NC(=O)c2cc(=O)[nH]c3ccccc23)n1. The van der Waals surface area contributed by atoms with Crippen molar-refractivity contribution in [3.63, 3.8) is 0 Å². The maximum atomic E-state index is 12.3. The molecule has 0 spiro atoms. The number of methoxy groups -OCH3 is 1. The molecule has 0 saturated carbocycles. The fourth-order valence-electron chi connectivity index (χ4n) is 1.96. The molecule has 1 aromatic carbocycles. The summed E-state index contributed by atoms with van der Waals surface area (Å²) in [7, 11) is 1.42. The number of para-hydroxylation sites is 1. The molecule has 0 radical (unpaired) electrons. The molecule has 21 heavy (non-hydrogen) atoms. The number of pyridine rings is 1. The molecule has 0 fully saturated rings. The van der Waals surface area contributed by atoms with Gasteiger partial charge in [0.2, 0.25) is 11.5 Å². The van der Waals surface area contributed by atoms with E-state index < -0.39 is 5.91 Å². The number of carbonyl (C=O) groups excluding carboxylic acids is 1. The lowest BCUT2D eigenvalue weighted by Crippen LogP contribution is -2.17. The van der Waals surface area contributed by atoms with Gasteiger partial charge in [0.1, 0.15) is 0 Å². The number of ether oxygens (including phenoxy) is 1. The Morgan fingerprint density at radius 3 is 2.90 bits per heavy atom. The highest BCUT2D eigenvalue weighted by Crippen LogP contribution is 2.16. The molecule has 0 saturated heterocycles. The quantitative estimate of drug-likeness (QED) is 0.662. The topological polar surface area (TPSA) is 113 Å². The highest BCUT2D eigenvalue weighted by Gasteiger charge is 2.13. The minimum Gasteiger partial charge on any atom is -0.466 e. The number of hydrogen-bond donors (Lipinski definition) is 3. The van der Waals surface area contributed by atoms with Gasteiger partial charge in [-0.1, -0.05) is 18.2 Å². The fraction of sp³-hybridized carbons (Fsp3) is 0.0769. The van der Waals surface area contributed by atoms with E-state index in [0.717, 1.165) is 0 Å². The molecule has 3 N–H and O–H groups in total. The number of nitrogens with one attached hydrogen (secondary N) is 3. The minimum atomic E-state index is -0.462. The smallest absolute Gasteiger partial charge is 0.336 e. The summed E-state index contributed by atoms with van der Waals surface area (Å²) in [6.45, 7) is 0. The Bertz CT molecular complexity index is 867. The standard InChI is InChI=1S/C13H11N5O3/c1-21-13-16-12(17-18-13)15-11(20)8-6-10(19)14-9-5-3-2-4-7(8)9/h2-6H,1H3,(H,14,19)(H2,15,16,17,18,20). The summed E-state index contributed by atoms with van der Waals surface area (Å²) in [5.41, 5.74) is 0.490. The molecule has 0 atom stereocenters.